The molecule has 1 saturated heterocycles. The number of benzene rings is 1. The molecule has 1 aliphatic rings. The fourth-order valence-corrected chi connectivity index (χ4v) is 3.21. The molecule has 2 aromatic rings. The van der Waals surface area contributed by atoms with Gasteiger partial charge in [-0.25, -0.2) is 0 Å². The quantitative estimate of drug-likeness (QED) is 0.747. The molecule has 0 atom stereocenters. The highest BCUT2D eigenvalue weighted by Gasteiger charge is 2.16. The SMILES string of the molecule is CCC(CC)COc1nc2cc(Cl)c(N3CCNCC3)cc2[nH]1.Cl.Cl. The highest BCUT2D eigenvalue weighted by Crippen LogP contribution is 2.31. The van der Waals surface area contributed by atoms with Crippen LogP contribution < -0.4 is 15.0 Å². The number of hydrogen-bond acceptors (Lipinski definition) is 4. The number of H-pyrrole nitrogens is 1. The molecule has 3 rings (SSSR count). The third kappa shape index (κ3) is 5.30. The summed E-state index contributed by atoms with van der Waals surface area (Å²) in [6, 6.07) is 4.59. The lowest BCUT2D eigenvalue weighted by molar-refractivity contribution is 0.226. The number of aromatic nitrogens is 2. The molecule has 0 spiro atoms. The van der Waals surface area contributed by atoms with E-state index in [1.54, 1.807) is 0 Å². The lowest BCUT2D eigenvalue weighted by atomic mass is 10.1. The summed E-state index contributed by atoms with van der Waals surface area (Å²) >= 11 is 6.46. The van der Waals surface area contributed by atoms with Gasteiger partial charge >= 0.3 is 0 Å². The van der Waals surface area contributed by atoms with E-state index in [9.17, 15) is 0 Å². The normalized spacial score (nSPS) is 14.3. The van der Waals surface area contributed by atoms with E-state index < -0.39 is 0 Å². The zero-order valence-electron chi connectivity index (χ0n) is 14.7. The molecule has 0 aliphatic carbocycles. The van der Waals surface area contributed by atoms with Gasteiger partial charge in [-0.3, -0.25) is 0 Å². The summed E-state index contributed by atoms with van der Waals surface area (Å²) in [5.74, 6) is 0.572. The maximum atomic E-state index is 6.46. The molecule has 1 aromatic heterocycles. The van der Waals surface area contributed by atoms with E-state index in [1.807, 2.05) is 6.07 Å². The van der Waals surface area contributed by atoms with Crippen LogP contribution in [0.5, 0.6) is 6.01 Å². The monoisotopic (exact) mass is 408 g/mol. The smallest absolute Gasteiger partial charge is 0.294 e. The highest BCUT2D eigenvalue weighted by atomic mass is 35.5. The molecule has 1 aliphatic heterocycles. The molecule has 0 saturated carbocycles. The number of anilines is 1. The molecule has 0 unspecified atom stereocenters. The second-order valence-corrected chi connectivity index (χ2v) is 6.50. The Morgan fingerprint density at radius 1 is 1.20 bits per heavy atom. The minimum atomic E-state index is 0. The highest BCUT2D eigenvalue weighted by molar-refractivity contribution is 6.34. The molecule has 0 radical (unpaired) electrons. The number of hydrogen-bond donors (Lipinski definition) is 2. The van der Waals surface area contributed by atoms with E-state index in [0.29, 0.717) is 18.5 Å². The Morgan fingerprint density at radius 3 is 2.52 bits per heavy atom. The van der Waals surface area contributed by atoms with Crippen molar-refractivity contribution in [2.45, 2.75) is 26.7 Å². The molecule has 25 heavy (non-hydrogen) atoms. The Balaban J connectivity index is 0.00000156. The predicted octanol–water partition coefficient (Wildman–Crippen LogP) is 4.28. The van der Waals surface area contributed by atoms with E-state index in [2.05, 4.69) is 40.1 Å². The molecular formula is C17H27Cl3N4O. The van der Waals surface area contributed by atoms with Crippen molar-refractivity contribution in [2.24, 2.45) is 5.92 Å². The van der Waals surface area contributed by atoms with Gasteiger partial charge in [-0.1, -0.05) is 38.3 Å². The van der Waals surface area contributed by atoms with E-state index in [-0.39, 0.29) is 24.8 Å². The Bertz CT molecular complexity index is 655. The van der Waals surface area contributed by atoms with Gasteiger partial charge in [-0.05, 0) is 18.1 Å². The maximum Gasteiger partial charge on any atom is 0.294 e. The van der Waals surface area contributed by atoms with E-state index in [1.165, 1.54) is 0 Å². The molecule has 2 N–H and O–H groups in total. The van der Waals surface area contributed by atoms with Gasteiger partial charge in [0.25, 0.3) is 6.01 Å². The molecule has 142 valence electrons. The largest absolute Gasteiger partial charge is 0.465 e. The van der Waals surface area contributed by atoms with Crippen LogP contribution >= 0.6 is 36.4 Å². The molecule has 2 heterocycles. The molecule has 0 bridgehead atoms. The van der Waals surface area contributed by atoms with Crippen LogP contribution in [0.25, 0.3) is 11.0 Å². The Kier molecular flexibility index (Phi) is 9.14. The lowest BCUT2D eigenvalue weighted by Gasteiger charge is -2.30. The predicted molar refractivity (Wildman–Crippen MR) is 110 cm³/mol. The van der Waals surface area contributed by atoms with Crippen LogP contribution in [0, 0.1) is 5.92 Å². The summed E-state index contributed by atoms with van der Waals surface area (Å²) in [6.07, 6.45) is 2.24. The molecule has 1 aromatic carbocycles. The van der Waals surface area contributed by atoms with Crippen LogP contribution in [-0.2, 0) is 0 Å². The van der Waals surface area contributed by atoms with Gasteiger partial charge in [0, 0.05) is 26.2 Å². The average molecular weight is 410 g/mol. The Hall–Kier alpha value is -0.880. The second-order valence-electron chi connectivity index (χ2n) is 6.09. The summed E-state index contributed by atoms with van der Waals surface area (Å²) in [7, 11) is 0. The molecule has 5 nitrogen and oxygen atoms in total. The molecule has 8 heteroatoms. The number of rotatable bonds is 6. The van der Waals surface area contributed by atoms with Crippen LogP contribution in [0.3, 0.4) is 0 Å². The number of ether oxygens (including phenoxy) is 1. The molecule has 1 fully saturated rings. The van der Waals surface area contributed by atoms with Gasteiger partial charge in [0.2, 0.25) is 0 Å². The van der Waals surface area contributed by atoms with Crippen LogP contribution in [0.2, 0.25) is 5.02 Å². The number of nitrogens with one attached hydrogen (secondary N) is 2. The summed E-state index contributed by atoms with van der Waals surface area (Å²) in [4.78, 5) is 10.1. The number of halogens is 3. The van der Waals surface area contributed by atoms with Crippen molar-refractivity contribution in [3.8, 4) is 6.01 Å². The van der Waals surface area contributed by atoms with E-state index in [4.69, 9.17) is 16.3 Å². The summed E-state index contributed by atoms with van der Waals surface area (Å²) in [5.41, 5.74) is 2.90. The fraction of sp³-hybridized carbons (Fsp3) is 0.588. The number of aromatic amines is 1. The van der Waals surface area contributed by atoms with Gasteiger partial charge in [-0.2, -0.15) is 4.98 Å². The number of imidazole rings is 1. The second kappa shape index (κ2) is 10.3. The molecule has 0 amide bonds. The Morgan fingerprint density at radius 2 is 1.88 bits per heavy atom. The lowest BCUT2D eigenvalue weighted by Crippen LogP contribution is -2.43. The Labute approximate surface area is 166 Å². The van der Waals surface area contributed by atoms with Crippen LogP contribution in [0.1, 0.15) is 26.7 Å². The van der Waals surface area contributed by atoms with Crippen molar-refractivity contribution < 1.29 is 4.74 Å². The molecular weight excluding hydrogens is 383 g/mol. The van der Waals surface area contributed by atoms with E-state index in [0.717, 1.165) is 60.8 Å². The first-order valence-electron chi connectivity index (χ1n) is 8.49. The van der Waals surface area contributed by atoms with Crippen molar-refractivity contribution in [1.29, 1.82) is 0 Å². The summed E-state index contributed by atoms with van der Waals surface area (Å²) < 4.78 is 5.83. The summed E-state index contributed by atoms with van der Waals surface area (Å²) in [6.45, 7) is 8.99. The van der Waals surface area contributed by atoms with Crippen molar-refractivity contribution in [3.63, 3.8) is 0 Å². The van der Waals surface area contributed by atoms with Crippen molar-refractivity contribution >= 4 is 53.1 Å². The maximum absolute atomic E-state index is 6.46. The van der Waals surface area contributed by atoms with Crippen LogP contribution in [-0.4, -0.2) is 42.8 Å². The standard InChI is InChI=1S/C17H25ClN4O.2ClH/c1-3-12(4-2)11-23-17-20-14-9-13(18)16(10-15(14)21-17)22-7-5-19-6-8-22;;/h9-10,12,19H,3-8,11H2,1-2H3,(H,20,21);2*1H. The minimum absolute atomic E-state index is 0. The first kappa shape index (κ1) is 22.2. The van der Waals surface area contributed by atoms with Gasteiger partial charge in [-0.15, -0.1) is 24.8 Å². The van der Waals surface area contributed by atoms with Gasteiger partial charge in [0.15, 0.2) is 0 Å². The zero-order valence-corrected chi connectivity index (χ0v) is 17.1. The summed E-state index contributed by atoms with van der Waals surface area (Å²) in [5, 5.41) is 4.11. The zero-order chi connectivity index (χ0) is 16.2. The first-order chi connectivity index (χ1) is 11.2. The van der Waals surface area contributed by atoms with Gasteiger partial charge in [0.05, 0.1) is 28.4 Å². The number of fused-ring (bicyclic) bond motifs is 1. The number of nitrogens with zero attached hydrogens (tertiary/aromatic N) is 2. The van der Waals surface area contributed by atoms with Crippen molar-refractivity contribution in [3.05, 3.63) is 17.2 Å². The number of piperazine rings is 1. The fourth-order valence-electron chi connectivity index (χ4n) is 2.93. The minimum Gasteiger partial charge on any atom is -0.465 e. The van der Waals surface area contributed by atoms with Crippen LogP contribution in [0.15, 0.2) is 12.1 Å². The van der Waals surface area contributed by atoms with Crippen molar-refractivity contribution in [1.82, 2.24) is 15.3 Å². The van der Waals surface area contributed by atoms with Crippen molar-refractivity contribution in [2.75, 3.05) is 37.7 Å². The average Bonchev–Trinajstić information content (AvgIpc) is 2.97. The third-order valence-electron chi connectivity index (χ3n) is 4.60. The van der Waals surface area contributed by atoms with Gasteiger partial charge < -0.3 is 19.9 Å². The van der Waals surface area contributed by atoms with Crippen LogP contribution in [0.4, 0.5) is 5.69 Å². The topological polar surface area (TPSA) is 53.2 Å². The first-order valence-corrected chi connectivity index (χ1v) is 8.86. The van der Waals surface area contributed by atoms with Gasteiger partial charge in [0.1, 0.15) is 0 Å². The third-order valence-corrected chi connectivity index (χ3v) is 4.90. The van der Waals surface area contributed by atoms with E-state index >= 15 is 0 Å².